The van der Waals surface area contributed by atoms with Gasteiger partial charge in [-0.05, 0) is 23.3 Å². The highest BCUT2D eigenvalue weighted by molar-refractivity contribution is 5.98. The van der Waals surface area contributed by atoms with Crippen LogP contribution in [0.1, 0.15) is 24.0 Å². The Labute approximate surface area is 333 Å². The van der Waals surface area contributed by atoms with Crippen LogP contribution < -0.4 is 64.6 Å². The molecule has 0 spiro atoms. The highest BCUT2D eigenvalue weighted by atomic mass is 16.3. The fraction of sp³-hybridized carbons (Fsp3) is 0.500. The van der Waals surface area contributed by atoms with Crippen LogP contribution in [-0.4, -0.2) is 149 Å². The van der Waals surface area contributed by atoms with E-state index in [1.165, 1.54) is 24.3 Å². The Kier molecular flexibility index (Phi) is 15.0. The number of phenols is 1. The summed E-state index contributed by atoms with van der Waals surface area (Å²) in [4.78, 5) is 83.3. The zero-order valence-corrected chi connectivity index (χ0v) is 31.6. The van der Waals surface area contributed by atoms with Gasteiger partial charge in [0.25, 0.3) is 0 Å². The number of rotatable bonds is 9. The first kappa shape index (κ1) is 43.8. The summed E-state index contributed by atoms with van der Waals surface area (Å²) in [7, 11) is 0. The number of nitrogens with two attached hydrogens (primary N) is 2. The lowest BCUT2D eigenvalue weighted by molar-refractivity contribution is -0.139. The van der Waals surface area contributed by atoms with E-state index in [0.717, 1.165) is 0 Å². The van der Waals surface area contributed by atoms with Crippen molar-refractivity contribution in [1.82, 2.24) is 53.2 Å². The molecule has 3 saturated heterocycles. The second-order valence-electron chi connectivity index (χ2n) is 14.4. The number of hydrogen-bond donors (Lipinski definition) is 16. The van der Waals surface area contributed by atoms with Crippen molar-refractivity contribution >= 4 is 35.4 Å². The fourth-order valence-corrected chi connectivity index (χ4v) is 6.89. The van der Waals surface area contributed by atoms with Crippen LogP contribution in [0.15, 0.2) is 54.6 Å². The molecule has 0 saturated carbocycles. The first-order valence-corrected chi connectivity index (χ1v) is 18.7. The van der Waals surface area contributed by atoms with Gasteiger partial charge < -0.3 is 63.8 Å². The van der Waals surface area contributed by atoms with E-state index >= 15 is 0 Å². The first-order valence-electron chi connectivity index (χ1n) is 18.7. The van der Waals surface area contributed by atoms with Crippen molar-refractivity contribution in [3.05, 3.63) is 65.7 Å². The lowest BCUT2D eigenvalue weighted by Gasteiger charge is -2.33. The average Bonchev–Trinajstić information content (AvgIpc) is 3.86. The van der Waals surface area contributed by atoms with Crippen molar-refractivity contribution in [3.8, 4) is 5.75 Å². The van der Waals surface area contributed by atoms with E-state index in [9.17, 15) is 49.2 Å². The van der Waals surface area contributed by atoms with Gasteiger partial charge in [0.15, 0.2) is 0 Å². The van der Waals surface area contributed by atoms with E-state index in [-0.39, 0.29) is 25.3 Å². The van der Waals surface area contributed by atoms with Crippen molar-refractivity contribution in [3.63, 3.8) is 0 Å². The quantitative estimate of drug-likeness (QED) is 0.112. The number of benzene rings is 2. The molecule has 58 heavy (non-hydrogen) atoms. The molecule has 316 valence electrons. The molecule has 6 amide bonds. The van der Waals surface area contributed by atoms with Gasteiger partial charge in [-0.2, -0.15) is 0 Å². The highest BCUT2D eigenvalue weighted by Crippen LogP contribution is 2.20. The smallest absolute Gasteiger partial charge is 0.246 e. The highest BCUT2D eigenvalue weighted by Gasteiger charge is 2.44. The summed E-state index contributed by atoms with van der Waals surface area (Å²) in [6, 6.07) is 4.24. The van der Waals surface area contributed by atoms with Crippen molar-refractivity contribution in [2.45, 2.75) is 86.3 Å². The number of carbonyl (C=O) groups is 6. The maximum Gasteiger partial charge on any atom is 0.246 e. The molecule has 0 bridgehead atoms. The van der Waals surface area contributed by atoms with Gasteiger partial charge in [-0.25, -0.2) is 0 Å². The lowest BCUT2D eigenvalue weighted by Crippen LogP contribution is -2.67. The number of nitrogens with one attached hydrogen (secondary N) is 10. The van der Waals surface area contributed by atoms with Gasteiger partial charge in [0.2, 0.25) is 35.4 Å². The minimum atomic E-state index is -1.89. The van der Waals surface area contributed by atoms with Crippen LogP contribution in [0.2, 0.25) is 0 Å². The predicted molar refractivity (Wildman–Crippen MR) is 204 cm³/mol. The van der Waals surface area contributed by atoms with Gasteiger partial charge in [-0.15, -0.1) is 0 Å². The summed E-state index contributed by atoms with van der Waals surface area (Å²) in [5.74, 6) is -6.75. The molecule has 18 N–H and O–H groups in total. The topological polar surface area (TPSA) is 356 Å². The van der Waals surface area contributed by atoms with E-state index in [1.54, 1.807) is 37.3 Å². The molecule has 3 aliphatic heterocycles. The van der Waals surface area contributed by atoms with E-state index in [4.69, 9.17) is 11.5 Å². The van der Waals surface area contributed by atoms with E-state index < -0.39 is 122 Å². The fourth-order valence-electron chi connectivity index (χ4n) is 6.89. The molecule has 0 aromatic heterocycles. The number of aliphatic hydroxyl groups excluding tert-OH is 3. The van der Waals surface area contributed by atoms with Gasteiger partial charge in [-0.3, -0.25) is 50.0 Å². The summed E-state index contributed by atoms with van der Waals surface area (Å²) in [5, 5.41) is 69.1. The molecular weight excluding hydrogens is 760 g/mol. The largest absolute Gasteiger partial charge is 0.508 e. The van der Waals surface area contributed by atoms with Crippen LogP contribution >= 0.6 is 0 Å². The molecule has 0 aliphatic carbocycles. The molecule has 2 aromatic carbocycles. The number of amides is 6. The molecule has 22 nitrogen and oxygen atoms in total. The molecular formula is C36H52N12O10. The number of aliphatic hydroxyl groups is 3. The second-order valence-corrected chi connectivity index (χ2v) is 14.4. The Hall–Kier alpha value is -5.30. The van der Waals surface area contributed by atoms with Crippen LogP contribution in [-0.2, 0) is 35.2 Å². The van der Waals surface area contributed by atoms with Crippen LogP contribution in [0, 0.1) is 0 Å². The maximum atomic E-state index is 14.4. The third kappa shape index (κ3) is 11.2. The summed E-state index contributed by atoms with van der Waals surface area (Å²) < 4.78 is 0. The average molecular weight is 813 g/mol. The Morgan fingerprint density at radius 3 is 1.71 bits per heavy atom. The molecule has 3 fully saturated rings. The second kappa shape index (κ2) is 19.9. The Morgan fingerprint density at radius 1 is 0.655 bits per heavy atom. The molecule has 3 aliphatic rings. The summed E-state index contributed by atoms with van der Waals surface area (Å²) in [6.07, 6.45) is -5.30. The van der Waals surface area contributed by atoms with E-state index in [0.29, 0.717) is 11.1 Å². The summed E-state index contributed by atoms with van der Waals surface area (Å²) in [5.41, 5.74) is 12.9. The summed E-state index contributed by atoms with van der Waals surface area (Å²) >= 11 is 0. The standard InChI is InChI=1S/C36H52N12O10/c1-16(18-5-3-2-4-6-18)25-32(56)42-20(11-17-7-9-19(50)10-8-17)31(55)47-27(29(53)22-13-41-36(38)45-22)34(58)48-26(28(52)21-12-40-35(37)44-21)33(57)43-23(15-49)30(54)39-14-24(51)46-25/h2-10,16,20-23,25-29,35-36,40-41,44-45,49-50,52-53H,11-15,37-38H2,1H3,(H,39,54)(H,42,56)(H,43,57)(H,46,51)(H,47,55)(H,48,58)/t16-,20+,21-,22-,23-,25-,26+,27-,28-,29-,35?,36?/m0/s1. The van der Waals surface area contributed by atoms with Gasteiger partial charge in [0, 0.05) is 25.4 Å². The SMILES string of the molecule is C[C@@H](c1ccccc1)[C@@H]1NC(=O)CNC(=O)[C@H](CO)NC(=O)[C@@H]([C@@H](O)[C@@H]2CNC(N)N2)NC(=O)[C@H]([C@@H](O)[C@@H]2CNC(N)N2)NC(=O)[C@@H](Cc2ccc(O)cc2)NC1=O. The van der Waals surface area contributed by atoms with Crippen LogP contribution in [0.5, 0.6) is 5.75 Å². The van der Waals surface area contributed by atoms with E-state index in [2.05, 4.69) is 53.2 Å². The zero-order valence-electron chi connectivity index (χ0n) is 31.6. The molecule has 2 aromatic rings. The molecule has 0 radical (unpaired) electrons. The normalized spacial score (nSPS) is 31.0. The van der Waals surface area contributed by atoms with Crippen LogP contribution in [0.25, 0.3) is 0 Å². The minimum Gasteiger partial charge on any atom is -0.508 e. The van der Waals surface area contributed by atoms with Crippen molar-refractivity contribution in [2.24, 2.45) is 11.5 Å². The zero-order chi connectivity index (χ0) is 42.1. The Balaban J connectivity index is 1.56. The van der Waals surface area contributed by atoms with Crippen molar-refractivity contribution in [1.29, 1.82) is 0 Å². The molecule has 3 heterocycles. The predicted octanol–water partition coefficient (Wildman–Crippen LogP) is -7.39. The number of aromatic hydroxyl groups is 1. The number of phenolic OH excluding ortho intramolecular Hbond substituents is 1. The summed E-state index contributed by atoms with van der Waals surface area (Å²) in [6.45, 7) is 0.0440. The lowest BCUT2D eigenvalue weighted by atomic mass is 9.92. The third-order valence-electron chi connectivity index (χ3n) is 10.2. The van der Waals surface area contributed by atoms with Crippen LogP contribution in [0.4, 0.5) is 0 Å². The van der Waals surface area contributed by atoms with Gasteiger partial charge in [0.1, 0.15) is 48.5 Å². The molecule has 22 heteroatoms. The maximum absolute atomic E-state index is 14.4. The molecule has 5 rings (SSSR count). The van der Waals surface area contributed by atoms with Crippen molar-refractivity contribution < 1.29 is 49.2 Å². The van der Waals surface area contributed by atoms with E-state index in [1.807, 2.05) is 0 Å². The number of hydrogen-bond acceptors (Lipinski definition) is 16. The molecule has 12 atom stereocenters. The van der Waals surface area contributed by atoms with Crippen LogP contribution in [0.3, 0.4) is 0 Å². The Bertz CT molecular complexity index is 1770. The van der Waals surface area contributed by atoms with Gasteiger partial charge in [0.05, 0.1) is 37.4 Å². The van der Waals surface area contributed by atoms with Crippen molar-refractivity contribution in [2.75, 3.05) is 26.2 Å². The Morgan fingerprint density at radius 2 is 1.17 bits per heavy atom. The number of carbonyl (C=O) groups excluding carboxylic acids is 6. The minimum absolute atomic E-state index is 0.0296. The van der Waals surface area contributed by atoms with Gasteiger partial charge >= 0.3 is 0 Å². The first-order chi connectivity index (χ1) is 27.6. The monoisotopic (exact) mass is 812 g/mol. The third-order valence-corrected chi connectivity index (χ3v) is 10.2. The molecule has 2 unspecified atom stereocenters. The van der Waals surface area contributed by atoms with Gasteiger partial charge in [-0.1, -0.05) is 49.4 Å².